The van der Waals surface area contributed by atoms with E-state index < -0.39 is 39.8 Å². The second-order valence-electron chi connectivity index (χ2n) is 11.5. The fourth-order valence-electron chi connectivity index (χ4n) is 6.10. The van der Waals surface area contributed by atoms with E-state index in [2.05, 4.69) is 24.9 Å². The van der Waals surface area contributed by atoms with Crippen molar-refractivity contribution in [2.75, 3.05) is 40.4 Å². The van der Waals surface area contributed by atoms with Gasteiger partial charge < -0.3 is 20.1 Å². The van der Waals surface area contributed by atoms with Crippen molar-refractivity contribution in [1.82, 2.24) is 9.97 Å². The van der Waals surface area contributed by atoms with Gasteiger partial charge in [0.1, 0.15) is 17.2 Å². The second-order valence-corrected chi connectivity index (χ2v) is 13.4. The van der Waals surface area contributed by atoms with Crippen molar-refractivity contribution >= 4 is 33.3 Å². The third kappa shape index (κ3) is 5.38. The smallest absolute Gasteiger partial charge is 0.260 e. The number of hydrogen-bond donors (Lipinski definition) is 3. The first kappa shape index (κ1) is 27.3. The van der Waals surface area contributed by atoms with Crippen LogP contribution in [0.15, 0.2) is 24.4 Å². The predicted molar refractivity (Wildman–Crippen MR) is 144 cm³/mol. The maximum absolute atomic E-state index is 13.9. The average molecular weight is 578 g/mol. The Morgan fingerprint density at radius 3 is 2.45 bits per heavy atom. The molecule has 4 aliphatic rings. The van der Waals surface area contributed by atoms with Gasteiger partial charge in [-0.3, -0.25) is 9.52 Å². The molecule has 3 N–H and O–H groups in total. The van der Waals surface area contributed by atoms with Crippen LogP contribution >= 0.6 is 0 Å². The normalized spacial score (nSPS) is 22.2. The molecule has 2 aliphatic carbocycles. The van der Waals surface area contributed by atoms with Crippen LogP contribution in [-0.4, -0.2) is 60.8 Å². The largest absolute Gasteiger partial charge is 0.395 e. The zero-order valence-corrected chi connectivity index (χ0v) is 22.9. The molecule has 0 atom stereocenters. The number of amides is 1. The molecular weight excluding hydrogens is 544 g/mol. The minimum absolute atomic E-state index is 0.0653. The van der Waals surface area contributed by atoms with Crippen LogP contribution in [0.25, 0.3) is 0 Å². The first-order chi connectivity index (χ1) is 19.0. The molecule has 2 saturated carbocycles. The summed E-state index contributed by atoms with van der Waals surface area (Å²) in [6, 6.07) is 5.02. The minimum atomic E-state index is -3.80. The number of pyridine rings is 2. The molecular formula is C27H33F2N5O5S. The van der Waals surface area contributed by atoms with Gasteiger partial charge in [-0.1, -0.05) is 6.07 Å². The summed E-state index contributed by atoms with van der Waals surface area (Å²) in [5.41, 5.74) is 1.77. The van der Waals surface area contributed by atoms with Crippen LogP contribution < -0.4 is 14.9 Å². The molecule has 6 rings (SSSR count). The van der Waals surface area contributed by atoms with Gasteiger partial charge in [0.2, 0.25) is 15.9 Å². The lowest BCUT2D eigenvalue weighted by Gasteiger charge is -2.36. The third-order valence-electron chi connectivity index (χ3n) is 8.81. The number of fused-ring (bicyclic) bond motifs is 2. The fraction of sp³-hybridized carbons (Fsp3) is 0.593. The highest BCUT2D eigenvalue weighted by Gasteiger charge is 2.49. The highest BCUT2D eigenvalue weighted by Crippen LogP contribution is 2.54. The molecule has 0 unspecified atom stereocenters. The number of nitrogens with zero attached hydrogens (tertiary/aromatic N) is 3. The van der Waals surface area contributed by atoms with E-state index in [4.69, 9.17) is 9.84 Å². The number of piperidine rings is 1. The highest BCUT2D eigenvalue weighted by molar-refractivity contribution is 7.92. The van der Waals surface area contributed by atoms with Crippen molar-refractivity contribution in [2.24, 2.45) is 5.41 Å². The van der Waals surface area contributed by atoms with Gasteiger partial charge in [-0.25, -0.2) is 27.2 Å². The molecule has 1 amide bonds. The average Bonchev–Trinajstić information content (AvgIpc) is 3.57. The Kier molecular flexibility index (Phi) is 6.74. The molecule has 0 bridgehead atoms. The molecule has 4 heterocycles. The summed E-state index contributed by atoms with van der Waals surface area (Å²) in [6.45, 7) is 1.23. The summed E-state index contributed by atoms with van der Waals surface area (Å²) < 4.78 is 60.5. The van der Waals surface area contributed by atoms with Gasteiger partial charge in [-0.05, 0) is 50.0 Å². The molecule has 1 saturated heterocycles. The first-order valence-corrected chi connectivity index (χ1v) is 15.4. The monoisotopic (exact) mass is 577 g/mol. The van der Waals surface area contributed by atoms with Crippen LogP contribution in [-0.2, 0) is 27.0 Å². The Hall–Kier alpha value is -2.90. The topological polar surface area (TPSA) is 134 Å². The molecule has 216 valence electrons. The number of aliphatic hydroxyl groups is 1. The highest BCUT2D eigenvalue weighted by atomic mass is 32.2. The number of ether oxygens (including phenoxy) is 1. The van der Waals surface area contributed by atoms with Crippen LogP contribution in [0, 0.1) is 5.41 Å². The molecule has 2 aliphatic heterocycles. The molecule has 0 aromatic carbocycles. The zero-order chi connectivity index (χ0) is 28.2. The maximum atomic E-state index is 13.9. The number of alkyl halides is 2. The van der Waals surface area contributed by atoms with Crippen molar-refractivity contribution in [3.05, 3.63) is 41.2 Å². The molecule has 40 heavy (non-hydrogen) atoms. The number of aromatic nitrogens is 2. The van der Waals surface area contributed by atoms with Gasteiger partial charge in [0.05, 0.1) is 35.9 Å². The maximum Gasteiger partial charge on any atom is 0.260 e. The summed E-state index contributed by atoms with van der Waals surface area (Å²) >= 11 is 0. The number of anilines is 3. The van der Waals surface area contributed by atoms with Gasteiger partial charge in [0.25, 0.3) is 5.91 Å². The van der Waals surface area contributed by atoms with Gasteiger partial charge >= 0.3 is 0 Å². The van der Waals surface area contributed by atoms with E-state index in [0.717, 1.165) is 31.5 Å². The van der Waals surface area contributed by atoms with E-state index in [9.17, 15) is 22.0 Å². The summed E-state index contributed by atoms with van der Waals surface area (Å²) in [5.74, 6) is -3.30. The minimum Gasteiger partial charge on any atom is -0.395 e. The quantitative estimate of drug-likeness (QED) is 0.453. The Bertz CT molecular complexity index is 1410. The van der Waals surface area contributed by atoms with Crippen molar-refractivity contribution in [3.63, 3.8) is 0 Å². The first-order valence-electron chi connectivity index (χ1n) is 13.7. The number of sulfonamides is 1. The van der Waals surface area contributed by atoms with E-state index >= 15 is 0 Å². The number of hydrogen-bond acceptors (Lipinski definition) is 8. The lowest BCUT2D eigenvalue weighted by atomic mass is 9.80. The number of halogens is 2. The van der Waals surface area contributed by atoms with Crippen molar-refractivity contribution in [1.29, 1.82) is 0 Å². The molecule has 2 aromatic rings. The van der Waals surface area contributed by atoms with Crippen LogP contribution in [0.1, 0.15) is 73.0 Å². The van der Waals surface area contributed by atoms with Crippen LogP contribution in [0.5, 0.6) is 0 Å². The summed E-state index contributed by atoms with van der Waals surface area (Å²) in [7, 11) is -3.80. The number of rotatable bonds is 7. The summed E-state index contributed by atoms with van der Waals surface area (Å²) in [4.78, 5) is 24.4. The third-order valence-corrected chi connectivity index (χ3v) is 10.1. The van der Waals surface area contributed by atoms with E-state index in [-0.39, 0.29) is 42.9 Å². The van der Waals surface area contributed by atoms with Crippen molar-refractivity contribution in [2.45, 2.75) is 69.5 Å². The molecule has 10 nitrogen and oxygen atoms in total. The number of aliphatic hydroxyl groups excluding tert-OH is 1. The molecule has 0 radical (unpaired) electrons. The SMILES string of the molecule is O=C(Nc1ccc2c(n1)C1(CCC(F)(F)CC1)OC2)c1cnc(NS(=O)(=O)CCO)cc1N1CCC2(CC1)CC2. The number of carbonyl (C=O) groups is 1. The van der Waals surface area contributed by atoms with Crippen LogP contribution in [0.4, 0.5) is 26.1 Å². The second kappa shape index (κ2) is 9.88. The van der Waals surface area contributed by atoms with Gasteiger partial charge in [-0.15, -0.1) is 0 Å². The molecule has 13 heteroatoms. The predicted octanol–water partition coefficient (Wildman–Crippen LogP) is 3.78. The lowest BCUT2D eigenvalue weighted by Crippen LogP contribution is -2.37. The Morgan fingerprint density at radius 2 is 1.77 bits per heavy atom. The Morgan fingerprint density at radius 1 is 1.05 bits per heavy atom. The Labute approximate surface area is 231 Å². The van der Waals surface area contributed by atoms with E-state index in [0.29, 0.717) is 23.4 Å². The zero-order valence-electron chi connectivity index (χ0n) is 22.1. The van der Waals surface area contributed by atoms with E-state index in [1.54, 1.807) is 18.2 Å². The van der Waals surface area contributed by atoms with E-state index in [1.165, 1.54) is 19.0 Å². The lowest BCUT2D eigenvalue weighted by molar-refractivity contribution is -0.132. The molecule has 2 aromatic heterocycles. The van der Waals surface area contributed by atoms with Crippen LogP contribution in [0.3, 0.4) is 0 Å². The van der Waals surface area contributed by atoms with E-state index in [1.807, 2.05) is 0 Å². The van der Waals surface area contributed by atoms with Gasteiger partial charge in [-0.2, -0.15) is 0 Å². The summed E-state index contributed by atoms with van der Waals surface area (Å²) in [5, 5.41) is 11.9. The standard InChI is InChI=1S/C27H33F2N5O5S/c28-27(29)7-5-26(6-8-27)23-18(17-39-26)1-2-21(31-23)32-24(36)19-16-30-22(33-40(37,38)14-13-35)15-20(19)34-11-9-25(3-4-25)10-12-34/h1-2,15-16,35H,3-14,17H2,(H,30,33)(H,31,32,36). The summed E-state index contributed by atoms with van der Waals surface area (Å²) in [6.07, 6.45) is 5.53. The van der Waals surface area contributed by atoms with Crippen molar-refractivity contribution < 1.29 is 31.8 Å². The number of carbonyl (C=O) groups excluding carboxylic acids is 1. The van der Waals surface area contributed by atoms with Gasteiger partial charge in [0.15, 0.2) is 0 Å². The molecule has 3 fully saturated rings. The number of nitrogens with one attached hydrogen (secondary N) is 2. The fourth-order valence-corrected chi connectivity index (χ4v) is 6.88. The Balaban J connectivity index is 1.26. The molecule has 2 spiro atoms. The van der Waals surface area contributed by atoms with Crippen molar-refractivity contribution in [3.8, 4) is 0 Å². The van der Waals surface area contributed by atoms with Gasteiger partial charge in [0, 0.05) is 43.8 Å². The van der Waals surface area contributed by atoms with Crippen LogP contribution in [0.2, 0.25) is 0 Å².